The van der Waals surface area contributed by atoms with Crippen LogP contribution in [0.2, 0.25) is 5.02 Å². The molecule has 3 aromatic rings. The van der Waals surface area contributed by atoms with E-state index in [1.54, 1.807) is 49.4 Å². The second-order valence-corrected chi connectivity index (χ2v) is 11.9. The average Bonchev–Trinajstić information content (AvgIpc) is 2.90. The molecule has 3 aromatic carbocycles. The van der Waals surface area contributed by atoms with Gasteiger partial charge >= 0.3 is 0 Å². The van der Waals surface area contributed by atoms with Gasteiger partial charge in [0.25, 0.3) is 10.0 Å². The largest absolute Gasteiger partial charge is 0.354 e. The lowest BCUT2D eigenvalue weighted by Crippen LogP contribution is -2.51. The number of benzene rings is 3. The van der Waals surface area contributed by atoms with Gasteiger partial charge in [0.05, 0.1) is 15.6 Å². The molecule has 0 saturated heterocycles. The van der Waals surface area contributed by atoms with Crippen LogP contribution in [-0.4, -0.2) is 44.3 Å². The van der Waals surface area contributed by atoms with Gasteiger partial charge in [-0.1, -0.05) is 85.6 Å². The fourth-order valence-electron chi connectivity index (χ4n) is 3.81. The monoisotopic (exact) mass is 555 g/mol. The third-order valence-corrected chi connectivity index (χ3v) is 8.15. The lowest BCUT2D eigenvalue weighted by atomic mass is 10.1. The summed E-state index contributed by atoms with van der Waals surface area (Å²) in [5.74, 6) is -0.606. The van der Waals surface area contributed by atoms with Crippen molar-refractivity contribution in [3.63, 3.8) is 0 Å². The molecule has 0 saturated carbocycles. The number of nitrogens with zero attached hydrogens (tertiary/aromatic N) is 2. The molecule has 3 rings (SSSR count). The van der Waals surface area contributed by atoms with E-state index in [-0.39, 0.29) is 34.0 Å². The predicted molar refractivity (Wildman–Crippen MR) is 151 cm³/mol. The van der Waals surface area contributed by atoms with E-state index < -0.39 is 28.5 Å². The van der Waals surface area contributed by atoms with Crippen molar-refractivity contribution in [2.75, 3.05) is 17.4 Å². The average molecular weight is 556 g/mol. The highest BCUT2D eigenvalue weighted by Crippen LogP contribution is 2.30. The Balaban J connectivity index is 2.00. The number of nitrogens with one attached hydrogen (secondary N) is 1. The number of carbonyl (C=O) groups excluding carboxylic acids is 2. The van der Waals surface area contributed by atoms with Gasteiger partial charge in [-0.2, -0.15) is 0 Å². The molecule has 1 atom stereocenters. The molecule has 0 aliphatic carbocycles. The van der Waals surface area contributed by atoms with Crippen molar-refractivity contribution in [1.82, 2.24) is 10.2 Å². The van der Waals surface area contributed by atoms with Crippen LogP contribution < -0.4 is 9.62 Å². The second-order valence-electron chi connectivity index (χ2n) is 9.60. The molecule has 38 heavy (non-hydrogen) atoms. The Bertz CT molecular complexity index is 1350. The zero-order chi connectivity index (χ0) is 27.9. The molecular formula is C29H34ClN3O4S. The Hall–Kier alpha value is -3.36. The first-order valence-electron chi connectivity index (χ1n) is 12.5. The first kappa shape index (κ1) is 29.2. The molecule has 0 aliphatic heterocycles. The van der Waals surface area contributed by atoms with Crippen molar-refractivity contribution in [2.24, 2.45) is 5.92 Å². The van der Waals surface area contributed by atoms with Crippen LogP contribution in [0, 0.1) is 12.8 Å². The molecule has 0 fully saturated rings. The summed E-state index contributed by atoms with van der Waals surface area (Å²) in [5, 5.41) is 3.06. The number of anilines is 1. The Morgan fingerprint density at radius 3 is 2.11 bits per heavy atom. The summed E-state index contributed by atoms with van der Waals surface area (Å²) in [4.78, 5) is 28.3. The molecule has 7 nitrogen and oxygen atoms in total. The highest BCUT2D eigenvalue weighted by atomic mass is 35.5. The second kappa shape index (κ2) is 12.9. The topological polar surface area (TPSA) is 86.8 Å². The summed E-state index contributed by atoms with van der Waals surface area (Å²) in [5.41, 5.74) is 2.06. The fraction of sp³-hybridized carbons (Fsp3) is 0.310. The lowest BCUT2D eigenvalue weighted by Gasteiger charge is -2.32. The van der Waals surface area contributed by atoms with Crippen LogP contribution in [0.4, 0.5) is 5.69 Å². The summed E-state index contributed by atoms with van der Waals surface area (Å²) < 4.78 is 28.5. The minimum Gasteiger partial charge on any atom is -0.354 e. The van der Waals surface area contributed by atoms with E-state index in [0.717, 1.165) is 15.4 Å². The van der Waals surface area contributed by atoms with E-state index in [1.807, 2.05) is 45.0 Å². The van der Waals surface area contributed by atoms with Gasteiger partial charge in [0.1, 0.15) is 12.6 Å². The normalized spacial score (nSPS) is 12.2. The summed E-state index contributed by atoms with van der Waals surface area (Å²) in [6, 6.07) is 21.1. The van der Waals surface area contributed by atoms with Gasteiger partial charge < -0.3 is 10.2 Å². The minimum atomic E-state index is -4.15. The van der Waals surface area contributed by atoms with Gasteiger partial charge in [-0.3, -0.25) is 13.9 Å². The van der Waals surface area contributed by atoms with Crippen molar-refractivity contribution in [3.8, 4) is 0 Å². The van der Waals surface area contributed by atoms with Gasteiger partial charge in [0, 0.05) is 13.1 Å². The van der Waals surface area contributed by atoms with Crippen LogP contribution in [-0.2, 0) is 26.2 Å². The van der Waals surface area contributed by atoms with Crippen LogP contribution in [0.3, 0.4) is 0 Å². The van der Waals surface area contributed by atoms with Crippen molar-refractivity contribution in [3.05, 3.63) is 95.0 Å². The van der Waals surface area contributed by atoms with Gasteiger partial charge in [-0.05, 0) is 49.6 Å². The number of halogens is 1. The van der Waals surface area contributed by atoms with Crippen LogP contribution in [0.15, 0.2) is 83.8 Å². The van der Waals surface area contributed by atoms with E-state index in [0.29, 0.717) is 6.54 Å². The summed E-state index contributed by atoms with van der Waals surface area (Å²) in [6.45, 7) is 7.64. The minimum absolute atomic E-state index is 0.0283. The summed E-state index contributed by atoms with van der Waals surface area (Å²) >= 11 is 6.41. The van der Waals surface area contributed by atoms with Crippen LogP contribution >= 0.6 is 11.6 Å². The lowest BCUT2D eigenvalue weighted by molar-refractivity contribution is -0.139. The summed E-state index contributed by atoms with van der Waals surface area (Å²) in [7, 11) is -4.15. The molecule has 0 radical (unpaired) electrons. The standard InChI is InChI=1S/C29H34ClN3O4S/c1-21(2)18-31-29(35)23(4)32(19-24-16-14-22(3)15-17-24)28(34)20-33(27-13-9-8-12-26(27)30)38(36,37)25-10-6-5-7-11-25/h5-17,21,23H,18-20H2,1-4H3,(H,31,35)/t23-/m1/s1. The molecule has 0 bridgehead atoms. The zero-order valence-corrected chi connectivity index (χ0v) is 23.7. The fourth-order valence-corrected chi connectivity index (χ4v) is 5.55. The number of carbonyl (C=O) groups is 2. The van der Waals surface area contributed by atoms with Crippen molar-refractivity contribution >= 4 is 39.1 Å². The van der Waals surface area contributed by atoms with Crippen molar-refractivity contribution < 1.29 is 18.0 Å². The SMILES string of the molecule is Cc1ccc(CN(C(=O)CN(c2ccccc2Cl)S(=O)(=O)c2ccccc2)[C@H](C)C(=O)NCC(C)C)cc1. The first-order valence-corrected chi connectivity index (χ1v) is 14.3. The van der Waals surface area contributed by atoms with E-state index in [1.165, 1.54) is 17.0 Å². The predicted octanol–water partition coefficient (Wildman–Crippen LogP) is 5.03. The van der Waals surface area contributed by atoms with Gasteiger partial charge in [0.15, 0.2) is 0 Å². The maximum atomic E-state index is 13.9. The molecule has 9 heteroatoms. The number of para-hydroxylation sites is 1. The molecule has 2 amide bonds. The van der Waals surface area contributed by atoms with Gasteiger partial charge in [-0.15, -0.1) is 0 Å². The number of rotatable bonds is 11. The Morgan fingerprint density at radius 2 is 1.50 bits per heavy atom. The number of hydrogen-bond acceptors (Lipinski definition) is 4. The number of aryl methyl sites for hydroxylation is 1. The molecule has 0 aliphatic rings. The Kier molecular flexibility index (Phi) is 9.94. The smallest absolute Gasteiger partial charge is 0.264 e. The summed E-state index contributed by atoms with van der Waals surface area (Å²) in [6.07, 6.45) is 0. The third kappa shape index (κ3) is 7.36. The molecular weight excluding hydrogens is 522 g/mol. The van der Waals surface area contributed by atoms with Gasteiger partial charge in [0.2, 0.25) is 11.8 Å². The van der Waals surface area contributed by atoms with E-state index in [9.17, 15) is 18.0 Å². The highest BCUT2D eigenvalue weighted by molar-refractivity contribution is 7.92. The van der Waals surface area contributed by atoms with E-state index in [4.69, 9.17) is 11.6 Å². The first-order chi connectivity index (χ1) is 18.0. The van der Waals surface area contributed by atoms with Crippen molar-refractivity contribution in [2.45, 2.75) is 45.2 Å². The number of hydrogen-bond donors (Lipinski definition) is 1. The van der Waals surface area contributed by atoms with Crippen LogP contribution in [0.25, 0.3) is 0 Å². The maximum Gasteiger partial charge on any atom is 0.264 e. The Morgan fingerprint density at radius 1 is 0.895 bits per heavy atom. The molecule has 0 heterocycles. The molecule has 1 N–H and O–H groups in total. The van der Waals surface area contributed by atoms with Crippen molar-refractivity contribution in [1.29, 1.82) is 0 Å². The highest BCUT2D eigenvalue weighted by Gasteiger charge is 2.33. The number of amides is 2. The quantitative estimate of drug-likeness (QED) is 0.359. The Labute approximate surface area is 230 Å². The van der Waals surface area contributed by atoms with E-state index >= 15 is 0 Å². The molecule has 0 unspecified atom stereocenters. The van der Waals surface area contributed by atoms with Crippen LogP contribution in [0.1, 0.15) is 31.9 Å². The third-order valence-electron chi connectivity index (χ3n) is 6.06. The number of sulfonamides is 1. The molecule has 0 spiro atoms. The van der Waals surface area contributed by atoms with E-state index in [2.05, 4.69) is 5.32 Å². The molecule has 202 valence electrons. The van der Waals surface area contributed by atoms with Gasteiger partial charge in [-0.25, -0.2) is 8.42 Å². The molecule has 0 aromatic heterocycles. The maximum absolute atomic E-state index is 13.9. The van der Waals surface area contributed by atoms with Crippen LogP contribution in [0.5, 0.6) is 0 Å². The zero-order valence-electron chi connectivity index (χ0n) is 22.1.